The molecule has 0 amide bonds. The molecular weight excluding hydrogens is 296 g/mol. The van der Waals surface area contributed by atoms with Gasteiger partial charge < -0.3 is 5.11 Å². The molecule has 0 bridgehead atoms. The van der Waals surface area contributed by atoms with Crippen molar-refractivity contribution in [2.24, 2.45) is 0 Å². The molecule has 0 saturated heterocycles. The van der Waals surface area contributed by atoms with Crippen LogP contribution in [0, 0.1) is 0 Å². The molecule has 0 aromatic carbocycles. The van der Waals surface area contributed by atoms with E-state index in [2.05, 4.69) is 4.98 Å². The Kier molecular flexibility index (Phi) is 3.80. The molecule has 2 aromatic heterocycles. The van der Waals surface area contributed by atoms with Crippen molar-refractivity contribution in [3.63, 3.8) is 0 Å². The van der Waals surface area contributed by atoms with Crippen molar-refractivity contribution >= 4 is 39.3 Å². The third kappa shape index (κ3) is 2.47. The Labute approximate surface area is 123 Å². The fourth-order valence-corrected chi connectivity index (χ4v) is 4.17. The van der Waals surface area contributed by atoms with Crippen LogP contribution in [0.4, 0.5) is 0 Å². The predicted molar refractivity (Wildman–Crippen MR) is 79.7 cm³/mol. The summed E-state index contributed by atoms with van der Waals surface area (Å²) in [5.74, 6) is -0.970. The number of aliphatic carboxylic acids is 1. The maximum Gasteiger partial charge on any atom is 0.313 e. The van der Waals surface area contributed by atoms with E-state index in [1.165, 1.54) is 11.3 Å². The standard InChI is InChI=1S/C13H14N2O3S2/c16-10(17)7-20-13-14-9-5-6-19-11(9)12(18)15(13)8-3-1-2-4-8/h5-6,8H,1-4,7H2,(H,16,17). The van der Waals surface area contributed by atoms with Gasteiger partial charge in [-0.25, -0.2) is 4.98 Å². The number of fused-ring (bicyclic) bond motifs is 1. The lowest BCUT2D eigenvalue weighted by Gasteiger charge is -2.17. The van der Waals surface area contributed by atoms with E-state index in [4.69, 9.17) is 5.11 Å². The van der Waals surface area contributed by atoms with Crippen molar-refractivity contribution in [2.75, 3.05) is 5.75 Å². The van der Waals surface area contributed by atoms with Crippen molar-refractivity contribution < 1.29 is 9.90 Å². The van der Waals surface area contributed by atoms with Gasteiger partial charge in [-0.1, -0.05) is 24.6 Å². The van der Waals surface area contributed by atoms with Crippen LogP contribution in [-0.2, 0) is 4.79 Å². The molecule has 2 aromatic rings. The number of carboxylic acids is 1. The topological polar surface area (TPSA) is 72.2 Å². The normalized spacial score (nSPS) is 16.0. The Bertz CT molecular complexity index is 701. The van der Waals surface area contributed by atoms with Crippen LogP contribution >= 0.6 is 23.1 Å². The minimum atomic E-state index is -0.896. The van der Waals surface area contributed by atoms with Crippen LogP contribution in [0.3, 0.4) is 0 Å². The zero-order chi connectivity index (χ0) is 14.1. The molecule has 0 aliphatic heterocycles. The minimum absolute atomic E-state index is 0.0233. The lowest BCUT2D eigenvalue weighted by atomic mass is 10.2. The summed E-state index contributed by atoms with van der Waals surface area (Å²) in [6.45, 7) is 0. The van der Waals surface area contributed by atoms with Gasteiger partial charge in [0.15, 0.2) is 5.16 Å². The zero-order valence-electron chi connectivity index (χ0n) is 10.7. The molecule has 0 spiro atoms. The number of nitrogens with zero attached hydrogens (tertiary/aromatic N) is 2. The Hall–Kier alpha value is -1.34. The number of thiophene rings is 1. The molecule has 1 aliphatic carbocycles. The molecule has 1 saturated carbocycles. The highest BCUT2D eigenvalue weighted by atomic mass is 32.2. The first kappa shape index (κ1) is 13.6. The second-order valence-electron chi connectivity index (χ2n) is 4.83. The first-order valence-corrected chi connectivity index (χ1v) is 8.37. The largest absolute Gasteiger partial charge is 0.481 e. The summed E-state index contributed by atoms with van der Waals surface area (Å²) in [6.07, 6.45) is 4.17. The fraction of sp³-hybridized carbons (Fsp3) is 0.462. The number of thioether (sulfide) groups is 1. The maximum absolute atomic E-state index is 12.6. The van der Waals surface area contributed by atoms with Crippen LogP contribution in [-0.4, -0.2) is 26.4 Å². The lowest BCUT2D eigenvalue weighted by Crippen LogP contribution is -2.26. The van der Waals surface area contributed by atoms with Crippen molar-refractivity contribution in [1.29, 1.82) is 0 Å². The van der Waals surface area contributed by atoms with E-state index in [-0.39, 0.29) is 17.4 Å². The smallest absolute Gasteiger partial charge is 0.313 e. The van der Waals surface area contributed by atoms with Gasteiger partial charge in [0.2, 0.25) is 0 Å². The minimum Gasteiger partial charge on any atom is -0.481 e. The average Bonchev–Trinajstić information content (AvgIpc) is 3.06. The second-order valence-corrected chi connectivity index (χ2v) is 6.68. The molecule has 0 radical (unpaired) electrons. The highest BCUT2D eigenvalue weighted by Gasteiger charge is 2.23. The average molecular weight is 310 g/mol. The van der Waals surface area contributed by atoms with E-state index in [1.807, 2.05) is 11.4 Å². The predicted octanol–water partition coefficient (Wildman–Crippen LogP) is 2.75. The molecule has 0 unspecified atom stereocenters. The number of aromatic nitrogens is 2. The number of hydrogen-bond acceptors (Lipinski definition) is 5. The summed E-state index contributed by atoms with van der Waals surface area (Å²) in [5, 5.41) is 11.2. The first-order valence-electron chi connectivity index (χ1n) is 6.51. The van der Waals surface area contributed by atoms with Gasteiger partial charge in [-0.3, -0.25) is 14.2 Å². The third-order valence-corrected chi connectivity index (χ3v) is 5.32. The first-order chi connectivity index (χ1) is 9.66. The highest BCUT2D eigenvalue weighted by Crippen LogP contribution is 2.32. The molecule has 1 N–H and O–H groups in total. The van der Waals surface area contributed by atoms with E-state index in [0.29, 0.717) is 15.4 Å². The third-order valence-electron chi connectivity index (χ3n) is 3.49. The number of hydrogen-bond donors (Lipinski definition) is 1. The Morgan fingerprint density at radius 1 is 1.50 bits per heavy atom. The van der Waals surface area contributed by atoms with E-state index in [9.17, 15) is 9.59 Å². The van der Waals surface area contributed by atoms with Gasteiger partial charge in [0.05, 0.1) is 11.3 Å². The van der Waals surface area contributed by atoms with E-state index < -0.39 is 5.97 Å². The van der Waals surface area contributed by atoms with E-state index in [1.54, 1.807) is 4.57 Å². The molecule has 2 heterocycles. The van der Waals surface area contributed by atoms with Crippen LogP contribution in [0.2, 0.25) is 0 Å². The van der Waals surface area contributed by atoms with Gasteiger partial charge in [0.1, 0.15) is 4.70 Å². The molecule has 7 heteroatoms. The van der Waals surface area contributed by atoms with Crippen LogP contribution < -0.4 is 5.56 Å². The van der Waals surface area contributed by atoms with Gasteiger partial charge in [0.25, 0.3) is 5.56 Å². The summed E-state index contributed by atoms with van der Waals surface area (Å²) in [7, 11) is 0. The number of carboxylic acid groups (broad SMARTS) is 1. The van der Waals surface area contributed by atoms with Gasteiger partial charge in [-0.05, 0) is 24.3 Å². The Morgan fingerprint density at radius 3 is 2.95 bits per heavy atom. The second kappa shape index (κ2) is 5.57. The summed E-state index contributed by atoms with van der Waals surface area (Å²) in [5.41, 5.74) is 0.645. The van der Waals surface area contributed by atoms with Crippen LogP contribution in [0.25, 0.3) is 10.2 Å². The molecule has 1 aliphatic rings. The van der Waals surface area contributed by atoms with Crippen LogP contribution in [0.15, 0.2) is 21.4 Å². The summed E-state index contributed by atoms with van der Waals surface area (Å²) < 4.78 is 2.39. The molecule has 1 fully saturated rings. The summed E-state index contributed by atoms with van der Waals surface area (Å²) in [6, 6.07) is 1.98. The highest BCUT2D eigenvalue weighted by molar-refractivity contribution is 7.99. The molecule has 3 rings (SSSR count). The maximum atomic E-state index is 12.6. The monoisotopic (exact) mass is 310 g/mol. The van der Waals surface area contributed by atoms with Crippen molar-refractivity contribution in [2.45, 2.75) is 36.9 Å². The molecule has 20 heavy (non-hydrogen) atoms. The van der Waals surface area contributed by atoms with Gasteiger partial charge >= 0.3 is 5.97 Å². The van der Waals surface area contributed by atoms with Crippen molar-refractivity contribution in [3.05, 3.63) is 21.8 Å². The molecular formula is C13H14N2O3S2. The van der Waals surface area contributed by atoms with E-state index in [0.717, 1.165) is 37.4 Å². The molecule has 0 atom stereocenters. The van der Waals surface area contributed by atoms with Crippen molar-refractivity contribution in [1.82, 2.24) is 9.55 Å². The number of carbonyl (C=O) groups is 1. The van der Waals surface area contributed by atoms with Gasteiger partial charge in [-0.2, -0.15) is 0 Å². The fourth-order valence-electron chi connectivity index (χ4n) is 2.62. The Morgan fingerprint density at radius 2 is 2.25 bits per heavy atom. The lowest BCUT2D eigenvalue weighted by molar-refractivity contribution is -0.133. The SMILES string of the molecule is O=C(O)CSc1nc2ccsc2c(=O)n1C1CCCC1. The van der Waals surface area contributed by atoms with Crippen molar-refractivity contribution in [3.8, 4) is 0 Å². The number of rotatable bonds is 4. The van der Waals surface area contributed by atoms with Gasteiger partial charge in [0, 0.05) is 6.04 Å². The van der Waals surface area contributed by atoms with E-state index >= 15 is 0 Å². The summed E-state index contributed by atoms with van der Waals surface area (Å²) in [4.78, 5) is 27.9. The molecule has 106 valence electrons. The quantitative estimate of drug-likeness (QED) is 0.694. The zero-order valence-corrected chi connectivity index (χ0v) is 12.4. The van der Waals surface area contributed by atoms with Gasteiger partial charge in [-0.15, -0.1) is 11.3 Å². The summed E-state index contributed by atoms with van der Waals surface area (Å²) >= 11 is 2.53. The van der Waals surface area contributed by atoms with Crippen LogP contribution in [0.5, 0.6) is 0 Å². The van der Waals surface area contributed by atoms with Crippen LogP contribution in [0.1, 0.15) is 31.7 Å². The molecule has 5 nitrogen and oxygen atoms in total. The Balaban J connectivity index is 2.11.